The molecule has 1 aliphatic rings. The molecule has 0 radical (unpaired) electrons. The fourth-order valence-corrected chi connectivity index (χ4v) is 4.68. The van der Waals surface area contributed by atoms with Crippen molar-refractivity contribution in [1.82, 2.24) is 29.9 Å². The second-order valence-electron chi connectivity index (χ2n) is 9.06. The maximum absolute atomic E-state index is 13.4. The molecule has 0 bridgehead atoms. The highest BCUT2D eigenvalue weighted by atomic mass is 19.4. The second-order valence-corrected chi connectivity index (χ2v) is 9.06. The molecule has 9 nitrogen and oxygen atoms in total. The Labute approximate surface area is 215 Å². The van der Waals surface area contributed by atoms with Gasteiger partial charge in [-0.15, -0.1) is 10.2 Å². The summed E-state index contributed by atoms with van der Waals surface area (Å²) >= 11 is 0. The Kier molecular flexibility index (Phi) is 6.59. The molecular formula is C25H24F4N8O. The van der Waals surface area contributed by atoms with Crippen molar-refractivity contribution < 1.29 is 22.4 Å². The van der Waals surface area contributed by atoms with E-state index in [9.17, 15) is 22.4 Å². The highest BCUT2D eigenvalue weighted by Crippen LogP contribution is 2.36. The maximum Gasteiger partial charge on any atom is 0.418 e. The fourth-order valence-electron chi connectivity index (χ4n) is 4.68. The lowest BCUT2D eigenvalue weighted by Crippen LogP contribution is -2.47. The van der Waals surface area contributed by atoms with Gasteiger partial charge in [0.2, 0.25) is 0 Å². The van der Waals surface area contributed by atoms with Crippen LogP contribution in [0.4, 0.5) is 33.9 Å². The number of fused-ring (bicyclic) bond motifs is 1. The van der Waals surface area contributed by atoms with Crippen molar-refractivity contribution in [2.75, 3.05) is 30.4 Å². The predicted octanol–water partition coefficient (Wildman–Crippen LogP) is 4.72. The van der Waals surface area contributed by atoms with Crippen molar-refractivity contribution in [2.45, 2.75) is 25.1 Å². The number of pyridine rings is 1. The number of anilines is 2. The van der Waals surface area contributed by atoms with Gasteiger partial charge in [-0.05, 0) is 49.2 Å². The number of aryl methyl sites for hydroxylation is 1. The number of nitrogens with zero attached hydrogens (tertiary/aromatic N) is 7. The number of hydrogen-bond donors (Lipinski definition) is 1. The summed E-state index contributed by atoms with van der Waals surface area (Å²) in [5.41, 5.74) is 0.445. The van der Waals surface area contributed by atoms with Crippen LogP contribution in [0.25, 0.3) is 22.3 Å². The van der Waals surface area contributed by atoms with Crippen LogP contribution in [0.2, 0.25) is 0 Å². The number of alkyl halides is 3. The molecular weight excluding hydrogens is 504 g/mol. The first-order chi connectivity index (χ1) is 18.1. The van der Waals surface area contributed by atoms with Crippen molar-refractivity contribution in [1.29, 1.82) is 0 Å². The van der Waals surface area contributed by atoms with Gasteiger partial charge in [0, 0.05) is 51.0 Å². The molecule has 0 unspecified atom stereocenters. The van der Waals surface area contributed by atoms with Gasteiger partial charge in [-0.25, -0.2) is 9.18 Å². The normalized spacial score (nSPS) is 14.6. The minimum atomic E-state index is -4.81. The summed E-state index contributed by atoms with van der Waals surface area (Å²) in [6, 6.07) is 6.85. The zero-order valence-electron chi connectivity index (χ0n) is 20.6. The molecule has 0 atom stereocenters. The van der Waals surface area contributed by atoms with Crippen molar-refractivity contribution in [3.63, 3.8) is 0 Å². The van der Waals surface area contributed by atoms with Crippen LogP contribution in [0.3, 0.4) is 0 Å². The van der Waals surface area contributed by atoms with Crippen LogP contribution in [0.5, 0.6) is 0 Å². The molecule has 13 heteroatoms. The van der Waals surface area contributed by atoms with E-state index in [1.807, 2.05) is 30.1 Å². The molecule has 2 amide bonds. The van der Waals surface area contributed by atoms with Gasteiger partial charge < -0.3 is 15.1 Å². The van der Waals surface area contributed by atoms with E-state index < -0.39 is 29.3 Å². The van der Waals surface area contributed by atoms with Gasteiger partial charge in [0.1, 0.15) is 17.0 Å². The van der Waals surface area contributed by atoms with Crippen LogP contribution in [-0.2, 0) is 13.2 Å². The molecule has 0 saturated carbocycles. The van der Waals surface area contributed by atoms with E-state index in [1.54, 1.807) is 17.1 Å². The number of carbonyl (C=O) groups is 1. The molecule has 38 heavy (non-hydrogen) atoms. The first-order valence-electron chi connectivity index (χ1n) is 11.9. The molecule has 3 aromatic heterocycles. The summed E-state index contributed by atoms with van der Waals surface area (Å²) in [5, 5.41) is 16.3. The largest absolute Gasteiger partial charge is 0.418 e. The van der Waals surface area contributed by atoms with Crippen LogP contribution in [0.15, 0.2) is 48.8 Å². The minimum Gasteiger partial charge on any atom is -0.353 e. The molecule has 4 aromatic rings. The summed E-state index contributed by atoms with van der Waals surface area (Å²) in [4.78, 5) is 20.8. The summed E-state index contributed by atoms with van der Waals surface area (Å²) in [6.07, 6.45) is -0.322. The van der Waals surface area contributed by atoms with Gasteiger partial charge in [0.25, 0.3) is 0 Å². The molecule has 1 aliphatic heterocycles. The zero-order chi connectivity index (χ0) is 27.0. The number of amides is 2. The van der Waals surface area contributed by atoms with Crippen molar-refractivity contribution in [3.8, 4) is 11.4 Å². The van der Waals surface area contributed by atoms with Crippen LogP contribution < -0.4 is 10.2 Å². The number of benzene rings is 1. The summed E-state index contributed by atoms with van der Waals surface area (Å²) < 4.78 is 55.1. The highest BCUT2D eigenvalue weighted by Gasteiger charge is 2.35. The summed E-state index contributed by atoms with van der Waals surface area (Å²) in [6.45, 7) is 1.08. The Bertz CT molecular complexity index is 1480. The smallest absolute Gasteiger partial charge is 0.353 e. The second kappa shape index (κ2) is 9.88. The van der Waals surface area contributed by atoms with Gasteiger partial charge in [0.15, 0.2) is 5.82 Å². The first-order valence-corrected chi connectivity index (χ1v) is 11.9. The van der Waals surface area contributed by atoms with Crippen molar-refractivity contribution in [2.24, 2.45) is 7.05 Å². The van der Waals surface area contributed by atoms with Gasteiger partial charge in [-0.1, -0.05) is 0 Å². The number of carbonyl (C=O) groups excluding carboxylic acids is 1. The molecule has 1 fully saturated rings. The standard InChI is InChI=1S/C25H24F4N8O/c1-35(24(38)32-19-6-5-15(26)14-18(19)25(27,28)29)16-8-12-37(13-9-16)23-22-17(4-3-10-30-22)21(33-34-23)20-7-11-31-36(20)2/h3-7,10-11,14,16H,8-9,12-13H2,1-2H3,(H,32,38). The van der Waals surface area contributed by atoms with E-state index in [0.717, 1.165) is 23.2 Å². The van der Waals surface area contributed by atoms with Crippen LogP contribution in [0.1, 0.15) is 18.4 Å². The van der Waals surface area contributed by atoms with Gasteiger partial charge >= 0.3 is 12.2 Å². The predicted molar refractivity (Wildman–Crippen MR) is 133 cm³/mol. The van der Waals surface area contributed by atoms with Crippen LogP contribution in [-0.4, -0.2) is 62.1 Å². The van der Waals surface area contributed by atoms with E-state index in [2.05, 4.69) is 25.6 Å². The van der Waals surface area contributed by atoms with Gasteiger partial charge in [-0.2, -0.15) is 18.3 Å². The third-order valence-corrected chi connectivity index (χ3v) is 6.74. The van der Waals surface area contributed by atoms with Crippen molar-refractivity contribution >= 4 is 28.4 Å². The highest BCUT2D eigenvalue weighted by molar-refractivity contribution is 5.97. The molecule has 0 spiro atoms. The van der Waals surface area contributed by atoms with Crippen LogP contribution in [0, 0.1) is 5.82 Å². The van der Waals surface area contributed by atoms with Gasteiger partial charge in [-0.3, -0.25) is 9.67 Å². The Morgan fingerprint density at radius 3 is 2.55 bits per heavy atom. The minimum absolute atomic E-state index is 0.220. The van der Waals surface area contributed by atoms with E-state index in [0.29, 0.717) is 49.0 Å². The molecule has 4 heterocycles. The number of urea groups is 1. The van der Waals surface area contributed by atoms with E-state index >= 15 is 0 Å². The topological polar surface area (TPSA) is 92.1 Å². The third-order valence-electron chi connectivity index (χ3n) is 6.74. The number of halogens is 4. The third kappa shape index (κ3) is 4.83. The van der Waals surface area contributed by atoms with Crippen LogP contribution >= 0.6 is 0 Å². The number of aromatic nitrogens is 5. The lowest BCUT2D eigenvalue weighted by molar-refractivity contribution is -0.137. The number of rotatable bonds is 4. The lowest BCUT2D eigenvalue weighted by atomic mass is 10.0. The number of hydrogen-bond acceptors (Lipinski definition) is 6. The monoisotopic (exact) mass is 528 g/mol. The maximum atomic E-state index is 13.4. The Balaban J connectivity index is 1.30. The Morgan fingerprint density at radius 2 is 1.87 bits per heavy atom. The Hall–Kier alpha value is -4.29. The molecule has 198 valence electrons. The average Bonchev–Trinajstić information content (AvgIpc) is 3.33. The molecule has 5 rings (SSSR count). The first kappa shape index (κ1) is 25.4. The average molecular weight is 529 g/mol. The van der Waals surface area contributed by atoms with E-state index in [1.165, 1.54) is 11.9 Å². The quantitative estimate of drug-likeness (QED) is 0.386. The van der Waals surface area contributed by atoms with E-state index in [-0.39, 0.29) is 6.04 Å². The SMILES string of the molecule is CN(C(=O)Nc1ccc(F)cc1C(F)(F)F)C1CCN(c2nnc(-c3ccnn3C)c3cccnc23)CC1. The molecule has 1 aromatic carbocycles. The molecule has 1 saturated heterocycles. The summed E-state index contributed by atoms with van der Waals surface area (Å²) in [7, 11) is 3.36. The van der Waals surface area contributed by atoms with Crippen molar-refractivity contribution in [3.05, 3.63) is 60.2 Å². The lowest BCUT2D eigenvalue weighted by Gasteiger charge is -2.37. The van der Waals surface area contributed by atoms with E-state index in [4.69, 9.17) is 0 Å². The van der Waals surface area contributed by atoms with Gasteiger partial charge in [0.05, 0.1) is 16.9 Å². The molecule has 0 aliphatic carbocycles. The Morgan fingerprint density at radius 1 is 1.11 bits per heavy atom. The number of piperidine rings is 1. The zero-order valence-corrected chi connectivity index (χ0v) is 20.6. The number of nitrogens with one attached hydrogen (secondary N) is 1. The molecule has 1 N–H and O–H groups in total. The fraction of sp³-hybridized carbons (Fsp3) is 0.320. The summed E-state index contributed by atoms with van der Waals surface area (Å²) in [5.74, 6) is -0.410.